The minimum Gasteiger partial charge on any atom is -0.298 e. The molecule has 0 aromatic heterocycles. The standard InChI is InChI=1S/C13H24N2O/c1-11(2)14-7-9-15(10-8-14)12-5-3-4-6-13(12)16/h11-12H,3-10H2,1-2H3. The number of ketones is 1. The van der Waals surface area contributed by atoms with Gasteiger partial charge in [0.2, 0.25) is 0 Å². The quantitative estimate of drug-likeness (QED) is 0.710. The fourth-order valence-corrected chi connectivity index (χ4v) is 2.92. The van der Waals surface area contributed by atoms with E-state index < -0.39 is 0 Å². The molecule has 0 radical (unpaired) electrons. The van der Waals surface area contributed by atoms with Gasteiger partial charge in [-0.1, -0.05) is 6.42 Å². The number of piperazine rings is 1. The minimum atomic E-state index is 0.253. The molecule has 1 unspecified atom stereocenters. The summed E-state index contributed by atoms with van der Waals surface area (Å²) in [6.45, 7) is 8.91. The molecule has 2 aliphatic rings. The molecule has 1 saturated heterocycles. The summed E-state index contributed by atoms with van der Waals surface area (Å²) in [5, 5.41) is 0. The fraction of sp³-hybridized carbons (Fsp3) is 0.923. The molecular weight excluding hydrogens is 200 g/mol. The van der Waals surface area contributed by atoms with Gasteiger partial charge in [0.05, 0.1) is 6.04 Å². The maximum absolute atomic E-state index is 11.9. The van der Waals surface area contributed by atoms with Gasteiger partial charge in [-0.15, -0.1) is 0 Å². The van der Waals surface area contributed by atoms with Crippen LogP contribution in [0.2, 0.25) is 0 Å². The van der Waals surface area contributed by atoms with E-state index in [1.807, 2.05) is 0 Å². The maximum atomic E-state index is 11.9. The predicted molar refractivity (Wildman–Crippen MR) is 65.5 cm³/mol. The van der Waals surface area contributed by atoms with Crippen molar-refractivity contribution in [2.45, 2.75) is 51.6 Å². The number of Topliss-reactive ketones (excluding diaryl/α,β-unsaturated/α-hetero) is 1. The number of rotatable bonds is 2. The van der Waals surface area contributed by atoms with Crippen LogP contribution < -0.4 is 0 Å². The highest BCUT2D eigenvalue weighted by atomic mass is 16.1. The lowest BCUT2D eigenvalue weighted by molar-refractivity contribution is -0.127. The van der Waals surface area contributed by atoms with Gasteiger partial charge in [-0.3, -0.25) is 14.6 Å². The van der Waals surface area contributed by atoms with Crippen LogP contribution in [0, 0.1) is 0 Å². The van der Waals surface area contributed by atoms with Crippen molar-refractivity contribution in [3.05, 3.63) is 0 Å². The lowest BCUT2D eigenvalue weighted by atomic mass is 9.92. The van der Waals surface area contributed by atoms with E-state index in [1.54, 1.807) is 0 Å². The van der Waals surface area contributed by atoms with Crippen LogP contribution >= 0.6 is 0 Å². The SMILES string of the molecule is CC(C)N1CCN(C2CCCCC2=O)CC1. The van der Waals surface area contributed by atoms with Crippen molar-refractivity contribution in [2.24, 2.45) is 0 Å². The topological polar surface area (TPSA) is 23.6 Å². The smallest absolute Gasteiger partial charge is 0.149 e. The second-order valence-electron chi connectivity index (χ2n) is 5.39. The molecule has 2 rings (SSSR count). The average molecular weight is 224 g/mol. The Morgan fingerprint density at radius 2 is 1.81 bits per heavy atom. The van der Waals surface area contributed by atoms with E-state index in [-0.39, 0.29) is 6.04 Å². The molecule has 0 N–H and O–H groups in total. The Hall–Kier alpha value is -0.410. The fourth-order valence-electron chi connectivity index (χ4n) is 2.92. The van der Waals surface area contributed by atoms with E-state index >= 15 is 0 Å². The Kier molecular flexibility index (Phi) is 3.98. The van der Waals surface area contributed by atoms with Gasteiger partial charge in [-0.25, -0.2) is 0 Å². The second-order valence-corrected chi connectivity index (χ2v) is 5.39. The summed E-state index contributed by atoms with van der Waals surface area (Å²) >= 11 is 0. The van der Waals surface area contributed by atoms with Crippen molar-refractivity contribution >= 4 is 5.78 Å². The summed E-state index contributed by atoms with van der Waals surface area (Å²) in [6, 6.07) is 0.896. The normalized spacial score (nSPS) is 29.9. The van der Waals surface area contributed by atoms with Gasteiger partial charge in [-0.05, 0) is 26.7 Å². The van der Waals surface area contributed by atoms with Crippen LogP contribution in [-0.4, -0.2) is 53.8 Å². The van der Waals surface area contributed by atoms with Gasteiger partial charge in [0.15, 0.2) is 0 Å². The summed E-state index contributed by atoms with van der Waals surface area (Å²) in [5.74, 6) is 0.490. The van der Waals surface area contributed by atoms with Crippen LogP contribution in [0.15, 0.2) is 0 Å². The van der Waals surface area contributed by atoms with E-state index in [4.69, 9.17) is 0 Å². The van der Waals surface area contributed by atoms with Crippen molar-refractivity contribution in [3.63, 3.8) is 0 Å². The largest absolute Gasteiger partial charge is 0.298 e. The highest BCUT2D eigenvalue weighted by Gasteiger charge is 2.30. The number of hydrogen-bond donors (Lipinski definition) is 0. The lowest BCUT2D eigenvalue weighted by Gasteiger charge is -2.41. The van der Waals surface area contributed by atoms with Crippen molar-refractivity contribution in [2.75, 3.05) is 26.2 Å². The van der Waals surface area contributed by atoms with E-state index in [2.05, 4.69) is 23.6 Å². The molecule has 1 aliphatic carbocycles. The van der Waals surface area contributed by atoms with Gasteiger partial charge in [0.1, 0.15) is 5.78 Å². The molecule has 92 valence electrons. The summed E-state index contributed by atoms with van der Waals surface area (Å²) in [4.78, 5) is 16.8. The summed E-state index contributed by atoms with van der Waals surface area (Å²) in [6.07, 6.45) is 4.26. The first-order valence-corrected chi connectivity index (χ1v) is 6.69. The van der Waals surface area contributed by atoms with Crippen LogP contribution in [0.4, 0.5) is 0 Å². The van der Waals surface area contributed by atoms with Crippen LogP contribution in [0.5, 0.6) is 0 Å². The maximum Gasteiger partial charge on any atom is 0.149 e. The zero-order valence-electron chi connectivity index (χ0n) is 10.6. The average Bonchev–Trinajstić information content (AvgIpc) is 2.30. The Labute approximate surface area is 98.8 Å². The first-order chi connectivity index (χ1) is 7.68. The molecule has 2 fully saturated rings. The minimum absolute atomic E-state index is 0.253. The van der Waals surface area contributed by atoms with Crippen molar-refractivity contribution in [3.8, 4) is 0 Å². The summed E-state index contributed by atoms with van der Waals surface area (Å²) in [5.41, 5.74) is 0. The van der Waals surface area contributed by atoms with E-state index in [0.717, 1.165) is 45.4 Å². The predicted octanol–water partition coefficient (Wildman–Crippen LogP) is 1.52. The van der Waals surface area contributed by atoms with Crippen molar-refractivity contribution < 1.29 is 4.79 Å². The molecule has 16 heavy (non-hydrogen) atoms. The lowest BCUT2D eigenvalue weighted by Crippen LogP contribution is -2.54. The van der Waals surface area contributed by atoms with Crippen LogP contribution in [-0.2, 0) is 4.79 Å². The highest BCUT2D eigenvalue weighted by Crippen LogP contribution is 2.21. The second kappa shape index (κ2) is 5.28. The monoisotopic (exact) mass is 224 g/mol. The van der Waals surface area contributed by atoms with Crippen molar-refractivity contribution in [1.82, 2.24) is 9.80 Å². The van der Waals surface area contributed by atoms with Crippen molar-refractivity contribution in [1.29, 1.82) is 0 Å². The molecule has 1 atom stereocenters. The molecule has 0 bridgehead atoms. The molecule has 1 heterocycles. The van der Waals surface area contributed by atoms with Crippen LogP contribution in [0.3, 0.4) is 0 Å². The molecule has 3 nitrogen and oxygen atoms in total. The summed E-state index contributed by atoms with van der Waals surface area (Å²) in [7, 11) is 0. The molecule has 1 aliphatic heterocycles. The molecular formula is C13H24N2O. The third-order valence-corrected chi connectivity index (χ3v) is 4.04. The molecule has 1 saturated carbocycles. The molecule has 0 spiro atoms. The first-order valence-electron chi connectivity index (χ1n) is 6.69. The van der Waals surface area contributed by atoms with Gasteiger partial charge in [0.25, 0.3) is 0 Å². The summed E-state index contributed by atoms with van der Waals surface area (Å²) < 4.78 is 0. The van der Waals surface area contributed by atoms with Gasteiger partial charge >= 0.3 is 0 Å². The first kappa shape index (κ1) is 12.1. The van der Waals surface area contributed by atoms with E-state index in [0.29, 0.717) is 11.8 Å². The molecule has 3 heteroatoms. The zero-order chi connectivity index (χ0) is 11.5. The third-order valence-electron chi connectivity index (χ3n) is 4.04. The Morgan fingerprint density at radius 3 is 2.38 bits per heavy atom. The van der Waals surface area contributed by atoms with Crippen LogP contribution in [0.25, 0.3) is 0 Å². The Morgan fingerprint density at radius 1 is 1.12 bits per heavy atom. The number of nitrogens with zero attached hydrogens (tertiary/aromatic N) is 2. The number of carbonyl (C=O) groups excluding carboxylic acids is 1. The molecule has 0 amide bonds. The van der Waals surface area contributed by atoms with Gasteiger partial charge in [0, 0.05) is 38.6 Å². The molecule has 0 aromatic carbocycles. The van der Waals surface area contributed by atoms with Gasteiger partial charge in [-0.2, -0.15) is 0 Å². The highest BCUT2D eigenvalue weighted by molar-refractivity contribution is 5.84. The van der Waals surface area contributed by atoms with Gasteiger partial charge < -0.3 is 0 Å². The third kappa shape index (κ3) is 2.64. The Balaban J connectivity index is 1.86. The number of hydrogen-bond acceptors (Lipinski definition) is 3. The van der Waals surface area contributed by atoms with Crippen LogP contribution in [0.1, 0.15) is 39.5 Å². The van der Waals surface area contributed by atoms with E-state index in [9.17, 15) is 4.79 Å². The molecule has 0 aromatic rings. The number of carbonyl (C=O) groups is 1. The Bertz CT molecular complexity index is 244. The zero-order valence-corrected chi connectivity index (χ0v) is 10.6. The van der Waals surface area contributed by atoms with E-state index in [1.165, 1.54) is 6.42 Å².